The van der Waals surface area contributed by atoms with Crippen molar-refractivity contribution in [3.8, 4) is 0 Å². The topological polar surface area (TPSA) is 21.9 Å². The van der Waals surface area contributed by atoms with Crippen LogP contribution in [0.2, 0.25) is 0 Å². The molecule has 1 aliphatic heterocycles. The van der Waals surface area contributed by atoms with Crippen molar-refractivity contribution in [2.24, 2.45) is 0 Å². The zero-order chi connectivity index (χ0) is 8.86. The molecular weight excluding hydrogens is 176 g/mol. The Morgan fingerprint density at radius 1 is 0.727 bits per heavy atom. The van der Waals surface area contributed by atoms with Crippen molar-refractivity contribution in [2.75, 3.05) is 0 Å². The minimum Gasteiger partial charge on any atom is -0.292 e. The molecule has 0 spiro atoms. The van der Waals surface area contributed by atoms with Crippen LogP contribution in [0.5, 0.6) is 0 Å². The minimum atomic E-state index is -4.79. The second-order valence-electron chi connectivity index (χ2n) is 2.21. The van der Waals surface area contributed by atoms with E-state index in [0.29, 0.717) is 0 Å². The van der Waals surface area contributed by atoms with Crippen molar-refractivity contribution >= 4 is 0 Å². The number of rotatable bonds is 0. The highest BCUT2D eigenvalue weighted by Gasteiger charge is 2.66. The van der Waals surface area contributed by atoms with Gasteiger partial charge in [-0.05, 0) is 0 Å². The molecule has 0 aromatic rings. The monoisotopic (exact) mass is 179 g/mol. The fraction of sp³-hybridized carbons (Fsp3) is 1.00. The first-order valence-electron chi connectivity index (χ1n) is 2.62. The Bertz CT molecular complexity index is 139. The van der Waals surface area contributed by atoms with E-state index in [2.05, 4.69) is 0 Å². The van der Waals surface area contributed by atoms with E-state index in [4.69, 9.17) is 0 Å². The fourth-order valence-corrected chi connectivity index (χ4v) is 0.705. The molecule has 11 heavy (non-hydrogen) atoms. The zero-order valence-corrected chi connectivity index (χ0v) is 4.92. The molecule has 1 aliphatic rings. The van der Waals surface area contributed by atoms with Crippen LogP contribution in [-0.2, 0) is 0 Å². The summed E-state index contributed by atoms with van der Waals surface area (Å²) in [6.45, 7) is 0. The van der Waals surface area contributed by atoms with E-state index in [9.17, 15) is 26.3 Å². The Morgan fingerprint density at radius 3 is 1.09 bits per heavy atom. The predicted octanol–water partition coefficient (Wildman–Crippen LogP) is 1.45. The number of hydrogen-bond donors (Lipinski definition) is 1. The first kappa shape index (κ1) is 8.63. The van der Waals surface area contributed by atoms with Crippen LogP contribution in [0.25, 0.3) is 0 Å². The summed E-state index contributed by atoms with van der Waals surface area (Å²) >= 11 is 0. The second kappa shape index (κ2) is 2.02. The number of hydrogen-bond acceptors (Lipinski definition) is 1. The van der Waals surface area contributed by atoms with E-state index in [0.717, 1.165) is 0 Å². The third-order valence-electron chi connectivity index (χ3n) is 1.29. The largest absolute Gasteiger partial charge is 0.405 e. The lowest BCUT2D eigenvalue weighted by Gasteiger charge is -2.04. The quantitative estimate of drug-likeness (QED) is 0.441. The highest BCUT2D eigenvalue weighted by molar-refractivity contribution is 5.06. The van der Waals surface area contributed by atoms with Gasteiger partial charge in [-0.15, -0.1) is 0 Å². The Hall–Kier alpha value is -0.460. The summed E-state index contributed by atoms with van der Waals surface area (Å²) < 4.78 is 68.8. The summed E-state index contributed by atoms with van der Waals surface area (Å²) in [7, 11) is 0. The molecule has 0 amide bonds. The molecule has 0 aromatic carbocycles. The minimum absolute atomic E-state index is 1.30. The zero-order valence-electron chi connectivity index (χ0n) is 4.92. The lowest BCUT2D eigenvalue weighted by Crippen LogP contribution is -2.26. The molecule has 1 N–H and O–H groups in total. The molecule has 1 saturated heterocycles. The first-order valence-corrected chi connectivity index (χ1v) is 2.62. The van der Waals surface area contributed by atoms with Gasteiger partial charge >= 0.3 is 12.4 Å². The van der Waals surface area contributed by atoms with Gasteiger partial charge in [-0.1, -0.05) is 0 Å². The standard InChI is InChI=1S/C4H3F6N/c5-3(6,7)1-2(11-1)4(8,9)10/h1-2,11H. The normalized spacial score (nSPS) is 32.2. The van der Waals surface area contributed by atoms with Crippen molar-refractivity contribution < 1.29 is 26.3 Å². The molecule has 0 bridgehead atoms. The molecule has 66 valence electrons. The van der Waals surface area contributed by atoms with Gasteiger partial charge in [0.1, 0.15) is 12.1 Å². The van der Waals surface area contributed by atoms with Gasteiger partial charge in [0.25, 0.3) is 0 Å². The Kier molecular flexibility index (Phi) is 1.59. The SMILES string of the molecule is FC(F)(F)C1NC1C(F)(F)F. The maximum absolute atomic E-state index is 11.5. The summed E-state index contributed by atoms with van der Waals surface area (Å²) in [5.41, 5.74) is 0. The van der Waals surface area contributed by atoms with Crippen molar-refractivity contribution in [3.63, 3.8) is 0 Å². The van der Waals surface area contributed by atoms with E-state index in [-0.39, 0.29) is 0 Å². The summed E-state index contributed by atoms with van der Waals surface area (Å²) in [6.07, 6.45) is -9.58. The van der Waals surface area contributed by atoms with E-state index in [1.54, 1.807) is 0 Å². The Labute approximate surface area is 57.4 Å². The summed E-state index contributed by atoms with van der Waals surface area (Å²) in [5, 5.41) is 1.30. The Morgan fingerprint density at radius 2 is 1.00 bits per heavy atom. The highest BCUT2D eigenvalue weighted by atomic mass is 19.4. The van der Waals surface area contributed by atoms with Gasteiger partial charge in [0, 0.05) is 0 Å². The average molecular weight is 179 g/mol. The third-order valence-corrected chi connectivity index (χ3v) is 1.29. The van der Waals surface area contributed by atoms with Crippen LogP contribution in [-0.4, -0.2) is 24.4 Å². The molecule has 1 fully saturated rings. The van der Waals surface area contributed by atoms with Crippen LogP contribution in [0, 0.1) is 0 Å². The number of alkyl halides is 6. The van der Waals surface area contributed by atoms with E-state index < -0.39 is 24.4 Å². The van der Waals surface area contributed by atoms with Gasteiger partial charge in [0.15, 0.2) is 0 Å². The lowest BCUT2D eigenvalue weighted by atomic mass is 10.3. The van der Waals surface area contributed by atoms with Crippen molar-refractivity contribution in [1.82, 2.24) is 5.32 Å². The van der Waals surface area contributed by atoms with Crippen LogP contribution in [0.1, 0.15) is 0 Å². The van der Waals surface area contributed by atoms with E-state index >= 15 is 0 Å². The molecule has 0 radical (unpaired) electrons. The molecule has 2 unspecified atom stereocenters. The number of nitrogens with one attached hydrogen (secondary N) is 1. The first-order chi connectivity index (χ1) is 4.73. The van der Waals surface area contributed by atoms with E-state index in [1.165, 1.54) is 5.32 Å². The maximum atomic E-state index is 11.5. The van der Waals surface area contributed by atoms with Gasteiger partial charge in [-0.2, -0.15) is 26.3 Å². The molecule has 1 heterocycles. The van der Waals surface area contributed by atoms with Gasteiger partial charge in [0.2, 0.25) is 0 Å². The fourth-order valence-electron chi connectivity index (χ4n) is 0.705. The molecule has 1 rings (SSSR count). The van der Waals surface area contributed by atoms with Crippen molar-refractivity contribution in [1.29, 1.82) is 0 Å². The Balaban J connectivity index is 2.51. The highest BCUT2D eigenvalue weighted by Crippen LogP contribution is 2.39. The molecule has 0 aliphatic carbocycles. The van der Waals surface area contributed by atoms with Crippen LogP contribution in [0.4, 0.5) is 26.3 Å². The summed E-state index contributed by atoms with van der Waals surface area (Å²) in [4.78, 5) is 0. The van der Waals surface area contributed by atoms with Crippen LogP contribution < -0.4 is 5.32 Å². The molecule has 0 saturated carbocycles. The smallest absolute Gasteiger partial charge is 0.292 e. The van der Waals surface area contributed by atoms with Crippen molar-refractivity contribution in [3.05, 3.63) is 0 Å². The predicted molar refractivity (Wildman–Crippen MR) is 22.8 cm³/mol. The summed E-state index contributed by atoms with van der Waals surface area (Å²) in [5.74, 6) is 0. The molecule has 2 atom stereocenters. The van der Waals surface area contributed by atoms with Gasteiger partial charge in [-0.25, -0.2) is 0 Å². The molecular formula is C4H3F6N. The van der Waals surface area contributed by atoms with Crippen LogP contribution >= 0.6 is 0 Å². The van der Waals surface area contributed by atoms with Crippen LogP contribution in [0.3, 0.4) is 0 Å². The maximum Gasteiger partial charge on any atom is 0.405 e. The van der Waals surface area contributed by atoms with Crippen molar-refractivity contribution in [2.45, 2.75) is 24.4 Å². The van der Waals surface area contributed by atoms with Gasteiger partial charge < -0.3 is 0 Å². The van der Waals surface area contributed by atoms with Crippen LogP contribution in [0.15, 0.2) is 0 Å². The van der Waals surface area contributed by atoms with Gasteiger partial charge in [-0.3, -0.25) is 5.32 Å². The molecule has 1 nitrogen and oxygen atoms in total. The second-order valence-corrected chi connectivity index (χ2v) is 2.21. The van der Waals surface area contributed by atoms with Gasteiger partial charge in [0.05, 0.1) is 0 Å². The third kappa shape index (κ3) is 1.76. The summed E-state index contributed by atoms with van der Waals surface area (Å²) in [6, 6.07) is -4.80. The number of halogens is 6. The molecule has 7 heteroatoms. The molecule has 0 aromatic heterocycles. The average Bonchev–Trinajstić information content (AvgIpc) is 2.30. The van der Waals surface area contributed by atoms with E-state index in [1.807, 2.05) is 0 Å². The lowest BCUT2D eigenvalue weighted by molar-refractivity contribution is -0.160.